The largest absolute Gasteiger partial charge is 0.478 e. The summed E-state index contributed by atoms with van der Waals surface area (Å²) in [5.74, 6) is -0.417. The number of fused-ring (bicyclic) bond motifs is 1. The molecule has 0 aliphatic carbocycles. The van der Waals surface area contributed by atoms with Gasteiger partial charge in [-0.2, -0.15) is 0 Å². The minimum absolute atomic E-state index is 0.169. The first-order valence-electron chi connectivity index (χ1n) is 5.70. The third kappa shape index (κ3) is 1.95. The molecule has 0 amide bonds. The van der Waals surface area contributed by atoms with Gasteiger partial charge in [0.25, 0.3) is 0 Å². The molecule has 19 heavy (non-hydrogen) atoms. The van der Waals surface area contributed by atoms with E-state index in [-0.39, 0.29) is 5.56 Å². The van der Waals surface area contributed by atoms with Crippen LogP contribution in [0.15, 0.2) is 41.1 Å². The van der Waals surface area contributed by atoms with Crippen molar-refractivity contribution in [1.29, 1.82) is 0 Å². The number of hydrogen-bond donors (Lipinski definition) is 1. The van der Waals surface area contributed by atoms with Crippen LogP contribution in [0, 0.1) is 6.92 Å². The molecule has 3 rings (SSSR count). The molecule has 2 heterocycles. The maximum absolute atomic E-state index is 11.2. The number of carboxylic acids is 1. The Hall–Kier alpha value is -2.69. The van der Waals surface area contributed by atoms with Gasteiger partial charge in [-0.25, -0.2) is 9.78 Å². The van der Waals surface area contributed by atoms with Crippen molar-refractivity contribution in [2.45, 2.75) is 6.92 Å². The summed E-state index contributed by atoms with van der Waals surface area (Å²) in [6, 6.07) is 7.09. The second-order valence-corrected chi connectivity index (χ2v) is 4.14. The predicted molar refractivity (Wildman–Crippen MR) is 68.9 cm³/mol. The fourth-order valence-corrected chi connectivity index (χ4v) is 2.03. The van der Waals surface area contributed by atoms with Gasteiger partial charge in [0.2, 0.25) is 0 Å². The Bertz CT molecular complexity index is 777. The highest BCUT2D eigenvalue weighted by Crippen LogP contribution is 2.27. The van der Waals surface area contributed by atoms with Crippen molar-refractivity contribution >= 4 is 17.1 Å². The molecule has 0 aliphatic heterocycles. The van der Waals surface area contributed by atoms with E-state index in [1.165, 1.54) is 6.20 Å². The van der Waals surface area contributed by atoms with Gasteiger partial charge in [0.05, 0.1) is 5.56 Å². The normalized spacial score (nSPS) is 10.8. The molecule has 94 valence electrons. The van der Waals surface area contributed by atoms with Crippen LogP contribution in [0.4, 0.5) is 0 Å². The molecule has 0 fully saturated rings. The Kier molecular flexibility index (Phi) is 2.52. The summed E-state index contributed by atoms with van der Waals surface area (Å²) in [4.78, 5) is 19.3. The second-order valence-electron chi connectivity index (χ2n) is 4.14. The van der Waals surface area contributed by atoms with Gasteiger partial charge in [-0.3, -0.25) is 4.98 Å². The van der Waals surface area contributed by atoms with E-state index < -0.39 is 5.97 Å². The van der Waals surface area contributed by atoms with Crippen LogP contribution in [0.25, 0.3) is 22.2 Å². The average molecular weight is 254 g/mol. The van der Waals surface area contributed by atoms with E-state index in [1.54, 1.807) is 25.3 Å². The first-order chi connectivity index (χ1) is 9.15. The molecule has 2 aromatic heterocycles. The van der Waals surface area contributed by atoms with E-state index in [2.05, 4.69) is 9.97 Å². The monoisotopic (exact) mass is 254 g/mol. The zero-order chi connectivity index (χ0) is 13.4. The Morgan fingerprint density at radius 3 is 2.95 bits per heavy atom. The van der Waals surface area contributed by atoms with Gasteiger partial charge in [-0.05, 0) is 29.3 Å². The van der Waals surface area contributed by atoms with Gasteiger partial charge in [0, 0.05) is 19.3 Å². The van der Waals surface area contributed by atoms with Crippen molar-refractivity contribution in [3.05, 3.63) is 48.1 Å². The van der Waals surface area contributed by atoms with Gasteiger partial charge in [0.15, 0.2) is 11.5 Å². The maximum atomic E-state index is 11.2. The predicted octanol–water partition coefficient (Wildman–Crippen LogP) is 2.90. The van der Waals surface area contributed by atoms with Crippen LogP contribution in [0.2, 0.25) is 0 Å². The highest BCUT2D eigenvalue weighted by molar-refractivity contribution is 5.96. The van der Waals surface area contributed by atoms with Gasteiger partial charge in [-0.15, -0.1) is 0 Å². The lowest BCUT2D eigenvalue weighted by Crippen LogP contribution is -2.00. The minimum Gasteiger partial charge on any atom is -0.478 e. The zero-order valence-corrected chi connectivity index (χ0v) is 10.1. The molecule has 0 radical (unpaired) electrons. The fraction of sp³-hybridized carbons (Fsp3) is 0.0714. The van der Waals surface area contributed by atoms with Gasteiger partial charge >= 0.3 is 5.97 Å². The van der Waals surface area contributed by atoms with Crippen LogP contribution in [-0.2, 0) is 0 Å². The molecule has 0 spiro atoms. The van der Waals surface area contributed by atoms with Crippen molar-refractivity contribution in [3.63, 3.8) is 0 Å². The lowest BCUT2D eigenvalue weighted by atomic mass is 10.0. The molecule has 0 unspecified atom stereocenters. The number of oxazole rings is 1. The molecule has 3 aromatic rings. The third-order valence-corrected chi connectivity index (χ3v) is 2.86. The van der Waals surface area contributed by atoms with Crippen molar-refractivity contribution in [1.82, 2.24) is 9.97 Å². The summed E-state index contributed by atoms with van der Waals surface area (Å²) < 4.78 is 5.40. The quantitative estimate of drug-likeness (QED) is 0.760. The van der Waals surface area contributed by atoms with E-state index in [9.17, 15) is 9.90 Å². The SMILES string of the molecule is Cc1nc2cc(-c3ccncc3C(=O)O)ccc2o1. The highest BCUT2D eigenvalue weighted by Gasteiger charge is 2.12. The minimum atomic E-state index is -1.00. The van der Waals surface area contributed by atoms with Crippen LogP contribution in [-0.4, -0.2) is 21.0 Å². The number of hydrogen-bond acceptors (Lipinski definition) is 4. The summed E-state index contributed by atoms with van der Waals surface area (Å²) in [7, 11) is 0. The number of aryl methyl sites for hydroxylation is 1. The van der Waals surface area contributed by atoms with Crippen LogP contribution in [0.1, 0.15) is 16.2 Å². The van der Waals surface area contributed by atoms with Gasteiger partial charge < -0.3 is 9.52 Å². The Balaban J connectivity index is 2.21. The van der Waals surface area contributed by atoms with Crippen LogP contribution >= 0.6 is 0 Å². The number of aromatic carboxylic acids is 1. The molecular weight excluding hydrogens is 244 g/mol. The first-order valence-corrected chi connectivity index (χ1v) is 5.70. The smallest absolute Gasteiger partial charge is 0.337 e. The Morgan fingerprint density at radius 1 is 1.32 bits per heavy atom. The molecule has 5 heteroatoms. The lowest BCUT2D eigenvalue weighted by Gasteiger charge is -2.04. The van der Waals surface area contributed by atoms with E-state index in [1.807, 2.05) is 12.1 Å². The van der Waals surface area contributed by atoms with E-state index in [0.717, 1.165) is 5.56 Å². The molecule has 1 aromatic carbocycles. The highest BCUT2D eigenvalue weighted by atomic mass is 16.4. The summed E-state index contributed by atoms with van der Waals surface area (Å²) in [6.07, 6.45) is 2.91. The molecule has 0 bridgehead atoms. The number of nitrogens with zero attached hydrogens (tertiary/aromatic N) is 2. The number of carboxylic acid groups (broad SMARTS) is 1. The number of carbonyl (C=O) groups is 1. The summed E-state index contributed by atoms with van der Waals surface area (Å²) in [5.41, 5.74) is 2.96. The summed E-state index contributed by atoms with van der Waals surface area (Å²) >= 11 is 0. The number of pyridine rings is 1. The summed E-state index contributed by atoms with van der Waals surface area (Å²) in [5, 5.41) is 9.17. The Labute approximate surface area is 108 Å². The molecule has 0 atom stereocenters. The van der Waals surface area contributed by atoms with Crippen LogP contribution < -0.4 is 0 Å². The Morgan fingerprint density at radius 2 is 2.16 bits per heavy atom. The number of aromatic nitrogens is 2. The topological polar surface area (TPSA) is 76.2 Å². The molecule has 5 nitrogen and oxygen atoms in total. The maximum Gasteiger partial charge on any atom is 0.337 e. The van der Waals surface area contributed by atoms with Gasteiger partial charge in [0.1, 0.15) is 5.52 Å². The van der Waals surface area contributed by atoms with Crippen molar-refractivity contribution in [3.8, 4) is 11.1 Å². The van der Waals surface area contributed by atoms with Crippen molar-refractivity contribution < 1.29 is 14.3 Å². The molecule has 0 saturated carbocycles. The number of rotatable bonds is 2. The molecular formula is C14H10N2O3. The van der Waals surface area contributed by atoms with E-state index in [4.69, 9.17) is 4.42 Å². The third-order valence-electron chi connectivity index (χ3n) is 2.86. The second kappa shape index (κ2) is 4.20. The van der Waals surface area contributed by atoms with Crippen LogP contribution in [0.3, 0.4) is 0 Å². The zero-order valence-electron chi connectivity index (χ0n) is 10.1. The molecule has 0 saturated heterocycles. The standard InChI is InChI=1S/C14H10N2O3/c1-8-16-12-6-9(2-3-13(12)19-8)10-4-5-15-7-11(10)14(17)18/h2-7H,1H3,(H,17,18). The molecule has 1 N–H and O–H groups in total. The number of benzene rings is 1. The van der Waals surface area contributed by atoms with Crippen molar-refractivity contribution in [2.75, 3.05) is 0 Å². The van der Waals surface area contributed by atoms with Crippen LogP contribution in [0.5, 0.6) is 0 Å². The molecule has 0 aliphatic rings. The van der Waals surface area contributed by atoms with Crippen molar-refractivity contribution in [2.24, 2.45) is 0 Å². The lowest BCUT2D eigenvalue weighted by molar-refractivity contribution is 0.0697. The van der Waals surface area contributed by atoms with E-state index in [0.29, 0.717) is 22.6 Å². The fourth-order valence-electron chi connectivity index (χ4n) is 2.03. The summed E-state index contributed by atoms with van der Waals surface area (Å²) in [6.45, 7) is 1.77. The van der Waals surface area contributed by atoms with Gasteiger partial charge in [-0.1, -0.05) is 6.07 Å². The first kappa shape index (κ1) is 11.4. The van der Waals surface area contributed by atoms with E-state index >= 15 is 0 Å². The average Bonchev–Trinajstić information content (AvgIpc) is 2.77.